The third-order valence-electron chi connectivity index (χ3n) is 5.90. The van der Waals surface area contributed by atoms with Gasteiger partial charge in [-0.2, -0.15) is 0 Å². The first-order valence-electron chi connectivity index (χ1n) is 12.4. The Balaban J connectivity index is 5.35. The van der Waals surface area contributed by atoms with Crippen molar-refractivity contribution < 1.29 is 17.5 Å². The lowest BCUT2D eigenvalue weighted by molar-refractivity contribution is -0.844. The number of nitrogens with zero attached hydrogens (tertiary/aromatic N) is 3. The van der Waals surface area contributed by atoms with Crippen LogP contribution in [0.5, 0.6) is 0 Å². The molecule has 0 spiro atoms. The predicted octanol–water partition coefficient (Wildman–Crippen LogP) is 5.01. The molecule has 0 fully saturated rings. The summed E-state index contributed by atoms with van der Waals surface area (Å²) in [6, 6.07) is 0. The van der Waals surface area contributed by atoms with Crippen molar-refractivity contribution in [1.82, 2.24) is 4.90 Å². The van der Waals surface area contributed by atoms with Gasteiger partial charge < -0.3 is 9.45 Å². The predicted molar refractivity (Wildman–Crippen MR) is 128 cm³/mol. The number of quaternary nitrogens is 1. The first-order valence-corrected chi connectivity index (χ1v) is 14.0. The van der Waals surface area contributed by atoms with Gasteiger partial charge in [0.15, 0.2) is 0 Å². The van der Waals surface area contributed by atoms with Gasteiger partial charge in [0.2, 0.25) is 0 Å². The lowest BCUT2D eigenvalue weighted by atomic mass is 10.1. The maximum absolute atomic E-state index is 11.0. The normalized spacial score (nSPS) is 13.1. The fraction of sp³-hybridized carbons (Fsp3) is 0.957. The van der Waals surface area contributed by atoms with Gasteiger partial charge in [-0.15, -0.1) is 0 Å². The summed E-state index contributed by atoms with van der Waals surface area (Å²) < 4.78 is 33.7. The van der Waals surface area contributed by atoms with Gasteiger partial charge in [0.05, 0.1) is 29.8 Å². The number of unbranched alkanes of at least 4 members (excludes halogenated alkanes) is 6. The number of aliphatic imine (C=N–C) groups is 1. The minimum atomic E-state index is -4.13. The number of hydrogen-bond acceptors (Lipinski definition) is 4. The van der Waals surface area contributed by atoms with E-state index >= 15 is 0 Å². The summed E-state index contributed by atoms with van der Waals surface area (Å²) in [6.45, 7) is 16.6. The molecule has 0 aromatic rings. The Labute approximate surface area is 187 Å². The molecular weight excluding hydrogens is 398 g/mol. The average molecular weight is 448 g/mol. The second-order valence-electron chi connectivity index (χ2n) is 8.41. The molecule has 0 aromatic carbocycles. The molecule has 0 aliphatic heterocycles. The summed E-state index contributed by atoms with van der Waals surface area (Å²) in [5, 5.41) is 0. The van der Waals surface area contributed by atoms with Crippen molar-refractivity contribution in [1.29, 1.82) is 0 Å². The van der Waals surface area contributed by atoms with Gasteiger partial charge in [0.25, 0.3) is 5.96 Å². The number of guanidine groups is 1. The van der Waals surface area contributed by atoms with E-state index in [1.807, 2.05) is 0 Å². The second-order valence-corrected chi connectivity index (χ2v) is 9.93. The molecule has 0 heterocycles. The van der Waals surface area contributed by atoms with Crippen molar-refractivity contribution in [3.63, 3.8) is 0 Å². The standard InChI is InChI=1S/C23H49N3O3S/c1-6-11-12-13-14-15-18-24-23(25(19-7-2)20-8-3)26(9-4,10-5)21-16-17-22-30(27,28)29/h6-22H2,1-5H3. The molecule has 30 heavy (non-hydrogen) atoms. The smallest absolute Gasteiger partial charge is 0.300 e. The van der Waals surface area contributed by atoms with Crippen molar-refractivity contribution in [3.05, 3.63) is 0 Å². The summed E-state index contributed by atoms with van der Waals surface area (Å²) in [5.41, 5.74) is 0. The van der Waals surface area contributed by atoms with E-state index in [1.54, 1.807) is 0 Å². The van der Waals surface area contributed by atoms with Crippen molar-refractivity contribution in [2.75, 3.05) is 45.0 Å². The molecular formula is C23H49N3O3S. The maximum atomic E-state index is 11.0. The summed E-state index contributed by atoms with van der Waals surface area (Å²) in [6.07, 6.45) is 10.9. The van der Waals surface area contributed by atoms with Gasteiger partial charge in [-0.25, -0.2) is 13.4 Å². The van der Waals surface area contributed by atoms with Gasteiger partial charge in [-0.1, -0.05) is 52.9 Å². The van der Waals surface area contributed by atoms with Gasteiger partial charge >= 0.3 is 0 Å². The van der Waals surface area contributed by atoms with Crippen LogP contribution in [0.15, 0.2) is 4.99 Å². The van der Waals surface area contributed by atoms with E-state index in [0.29, 0.717) is 6.42 Å². The van der Waals surface area contributed by atoms with E-state index in [1.165, 1.54) is 38.1 Å². The van der Waals surface area contributed by atoms with Crippen LogP contribution < -0.4 is 0 Å². The zero-order valence-corrected chi connectivity index (χ0v) is 21.3. The molecule has 0 N–H and O–H groups in total. The van der Waals surface area contributed by atoms with E-state index in [9.17, 15) is 13.0 Å². The van der Waals surface area contributed by atoms with Crippen molar-refractivity contribution in [3.8, 4) is 0 Å². The Bertz CT molecular complexity index is 540. The Hall–Kier alpha value is -0.660. The highest BCUT2D eigenvalue weighted by Crippen LogP contribution is 2.17. The highest BCUT2D eigenvalue weighted by atomic mass is 32.2. The van der Waals surface area contributed by atoms with Gasteiger partial charge in [-0.05, 0) is 46.0 Å². The second kappa shape index (κ2) is 17.0. The van der Waals surface area contributed by atoms with Crippen LogP contribution in [0.25, 0.3) is 0 Å². The molecule has 0 radical (unpaired) electrons. The maximum Gasteiger partial charge on any atom is 0.300 e. The van der Waals surface area contributed by atoms with E-state index in [0.717, 1.165) is 69.4 Å². The average Bonchev–Trinajstić information content (AvgIpc) is 2.70. The van der Waals surface area contributed by atoms with Crippen LogP contribution >= 0.6 is 0 Å². The van der Waals surface area contributed by atoms with Gasteiger partial charge in [0, 0.05) is 25.4 Å². The molecule has 0 amide bonds. The Morgan fingerprint density at radius 1 is 0.800 bits per heavy atom. The molecule has 0 atom stereocenters. The Morgan fingerprint density at radius 2 is 1.37 bits per heavy atom. The van der Waals surface area contributed by atoms with E-state index < -0.39 is 10.1 Å². The van der Waals surface area contributed by atoms with E-state index in [2.05, 4.69) is 39.5 Å². The fourth-order valence-corrected chi connectivity index (χ4v) is 4.65. The summed E-state index contributed by atoms with van der Waals surface area (Å²) in [7, 11) is -4.13. The molecule has 0 saturated heterocycles. The first kappa shape index (κ1) is 29.3. The van der Waals surface area contributed by atoms with Crippen LogP contribution in [0.4, 0.5) is 0 Å². The molecule has 0 aliphatic carbocycles. The van der Waals surface area contributed by atoms with Crippen LogP contribution in [-0.4, -0.2) is 73.3 Å². The van der Waals surface area contributed by atoms with Crippen LogP contribution in [0.3, 0.4) is 0 Å². The highest BCUT2D eigenvalue weighted by Gasteiger charge is 2.34. The van der Waals surface area contributed by atoms with E-state index in [4.69, 9.17) is 4.99 Å². The van der Waals surface area contributed by atoms with Crippen molar-refractivity contribution in [2.24, 2.45) is 4.99 Å². The minimum Gasteiger partial charge on any atom is -0.748 e. The van der Waals surface area contributed by atoms with Crippen LogP contribution in [-0.2, 0) is 10.1 Å². The van der Waals surface area contributed by atoms with Gasteiger partial charge in [0.1, 0.15) is 0 Å². The summed E-state index contributed by atoms with van der Waals surface area (Å²) >= 11 is 0. The molecule has 0 unspecified atom stereocenters. The lowest BCUT2D eigenvalue weighted by Crippen LogP contribution is -2.60. The zero-order chi connectivity index (χ0) is 22.9. The largest absolute Gasteiger partial charge is 0.748 e. The monoisotopic (exact) mass is 447 g/mol. The summed E-state index contributed by atoms with van der Waals surface area (Å²) in [5.74, 6) is 0.903. The van der Waals surface area contributed by atoms with E-state index in [-0.39, 0.29) is 5.75 Å². The van der Waals surface area contributed by atoms with Crippen LogP contribution in [0.2, 0.25) is 0 Å². The molecule has 0 rings (SSSR count). The molecule has 6 nitrogen and oxygen atoms in total. The molecule has 180 valence electrons. The molecule has 0 aliphatic rings. The third-order valence-corrected chi connectivity index (χ3v) is 6.69. The first-order chi connectivity index (χ1) is 14.3. The fourth-order valence-electron chi connectivity index (χ4n) is 4.09. The van der Waals surface area contributed by atoms with Gasteiger partial charge in [-0.3, -0.25) is 4.48 Å². The van der Waals surface area contributed by atoms with Crippen LogP contribution in [0, 0.1) is 0 Å². The highest BCUT2D eigenvalue weighted by molar-refractivity contribution is 7.85. The van der Waals surface area contributed by atoms with Crippen molar-refractivity contribution >= 4 is 16.1 Å². The quantitative estimate of drug-likeness (QED) is 0.0973. The van der Waals surface area contributed by atoms with Crippen molar-refractivity contribution in [2.45, 2.75) is 98.8 Å². The molecule has 0 aromatic heterocycles. The minimum absolute atomic E-state index is 0.266. The molecule has 0 saturated carbocycles. The topological polar surface area (TPSA) is 72.8 Å². The SMILES string of the molecule is CCCCCCCCN=C(N(CCC)CCC)[N+](CC)(CC)CCCCS(=O)(=O)[O-]. The molecule has 0 bridgehead atoms. The Kier molecular flexibility index (Phi) is 16.6. The summed E-state index contributed by atoms with van der Waals surface area (Å²) in [4.78, 5) is 7.61. The van der Waals surface area contributed by atoms with Crippen LogP contribution in [0.1, 0.15) is 98.8 Å². The number of hydrogen-bond donors (Lipinski definition) is 0. The lowest BCUT2D eigenvalue weighted by Gasteiger charge is -2.41. The Morgan fingerprint density at radius 3 is 1.87 bits per heavy atom. The number of rotatable bonds is 18. The zero-order valence-electron chi connectivity index (χ0n) is 20.5. The molecule has 7 heteroatoms. The third kappa shape index (κ3) is 12.3.